The summed E-state index contributed by atoms with van der Waals surface area (Å²) in [6, 6.07) is 18.1. The van der Waals surface area contributed by atoms with Gasteiger partial charge in [0.25, 0.3) is 0 Å². The number of benzene rings is 3. The summed E-state index contributed by atoms with van der Waals surface area (Å²) >= 11 is 1.28. The number of methoxy groups -OCH3 is 1. The van der Waals surface area contributed by atoms with Gasteiger partial charge in [0.15, 0.2) is 5.16 Å². The molecule has 1 aliphatic rings. The summed E-state index contributed by atoms with van der Waals surface area (Å²) in [6.45, 7) is 0. The number of thioether (sulfide) groups is 1. The van der Waals surface area contributed by atoms with Crippen LogP contribution in [0.5, 0.6) is 5.75 Å². The monoisotopic (exact) mass is 480 g/mol. The van der Waals surface area contributed by atoms with E-state index in [-0.39, 0.29) is 23.1 Å². The lowest BCUT2D eigenvalue weighted by Gasteiger charge is -2.25. The van der Waals surface area contributed by atoms with E-state index in [1.54, 1.807) is 19.2 Å². The maximum Gasteiger partial charge on any atom is 0.173 e. The van der Waals surface area contributed by atoms with Crippen LogP contribution >= 0.6 is 11.8 Å². The number of ether oxygens (including phenoxy) is 1. The molecule has 174 valence electrons. The first-order chi connectivity index (χ1) is 16.5. The van der Waals surface area contributed by atoms with Gasteiger partial charge in [-0.05, 0) is 73.4 Å². The zero-order valence-corrected chi connectivity index (χ0v) is 19.4. The third-order valence-corrected chi connectivity index (χ3v) is 7.15. The lowest BCUT2D eigenvalue weighted by atomic mass is 9.84. The summed E-state index contributed by atoms with van der Waals surface area (Å²) < 4.78 is 49.7. The SMILES string of the molecule is COc1cccc(C2CCCc3nc(SCc4c(F)cccc4F)n(-c4ccc(F)cc4)c32)c1. The maximum absolute atomic E-state index is 14.3. The Hall–Kier alpha value is -3.19. The number of rotatable bonds is 6. The average molecular weight is 481 g/mol. The molecule has 34 heavy (non-hydrogen) atoms. The molecule has 3 nitrogen and oxygen atoms in total. The summed E-state index contributed by atoms with van der Waals surface area (Å²) in [7, 11) is 1.64. The van der Waals surface area contributed by atoms with Crippen LogP contribution in [0.2, 0.25) is 0 Å². The molecule has 0 radical (unpaired) electrons. The van der Waals surface area contributed by atoms with Gasteiger partial charge in [0.05, 0.1) is 18.5 Å². The molecule has 4 aromatic rings. The topological polar surface area (TPSA) is 27.1 Å². The first-order valence-corrected chi connectivity index (χ1v) is 12.1. The fourth-order valence-corrected chi connectivity index (χ4v) is 5.59. The number of aromatic nitrogens is 2. The highest BCUT2D eigenvalue weighted by Crippen LogP contribution is 2.41. The molecular formula is C27H23F3N2OS. The van der Waals surface area contributed by atoms with Crippen LogP contribution < -0.4 is 4.74 Å². The fraction of sp³-hybridized carbons (Fsp3) is 0.222. The van der Waals surface area contributed by atoms with Crippen molar-refractivity contribution in [2.45, 2.75) is 36.1 Å². The Morgan fingerprint density at radius 3 is 2.47 bits per heavy atom. The van der Waals surface area contributed by atoms with Crippen molar-refractivity contribution in [3.8, 4) is 11.4 Å². The van der Waals surface area contributed by atoms with Crippen molar-refractivity contribution >= 4 is 11.8 Å². The van der Waals surface area contributed by atoms with E-state index < -0.39 is 11.6 Å². The van der Waals surface area contributed by atoms with Crippen molar-refractivity contribution in [2.75, 3.05) is 7.11 Å². The quantitative estimate of drug-likeness (QED) is 0.277. The van der Waals surface area contributed by atoms with Gasteiger partial charge in [-0.3, -0.25) is 4.57 Å². The Bertz CT molecular complexity index is 1300. The minimum atomic E-state index is -0.577. The van der Waals surface area contributed by atoms with Gasteiger partial charge < -0.3 is 4.74 Å². The van der Waals surface area contributed by atoms with Crippen molar-refractivity contribution in [1.82, 2.24) is 9.55 Å². The highest BCUT2D eigenvalue weighted by molar-refractivity contribution is 7.98. The van der Waals surface area contributed by atoms with Crippen LogP contribution in [0.4, 0.5) is 13.2 Å². The second-order valence-electron chi connectivity index (χ2n) is 8.25. The molecule has 0 aliphatic heterocycles. The second-order valence-corrected chi connectivity index (χ2v) is 9.19. The highest BCUT2D eigenvalue weighted by atomic mass is 32.2. The van der Waals surface area contributed by atoms with E-state index in [4.69, 9.17) is 9.72 Å². The summed E-state index contributed by atoms with van der Waals surface area (Å²) in [5, 5.41) is 0.633. The van der Waals surface area contributed by atoms with Gasteiger partial charge in [-0.2, -0.15) is 0 Å². The number of imidazole rings is 1. The molecular weight excluding hydrogens is 457 g/mol. The highest BCUT2D eigenvalue weighted by Gasteiger charge is 2.30. The summed E-state index contributed by atoms with van der Waals surface area (Å²) in [5.41, 5.74) is 3.88. The lowest BCUT2D eigenvalue weighted by molar-refractivity contribution is 0.413. The number of aryl methyl sites for hydroxylation is 1. The number of fused-ring (bicyclic) bond motifs is 1. The smallest absolute Gasteiger partial charge is 0.173 e. The fourth-order valence-electron chi connectivity index (χ4n) is 4.53. The van der Waals surface area contributed by atoms with Crippen LogP contribution in [0, 0.1) is 17.5 Å². The van der Waals surface area contributed by atoms with Crippen molar-refractivity contribution in [2.24, 2.45) is 0 Å². The number of halogens is 3. The van der Waals surface area contributed by atoms with Gasteiger partial charge in [0.2, 0.25) is 0 Å². The van der Waals surface area contributed by atoms with Gasteiger partial charge in [-0.25, -0.2) is 18.2 Å². The predicted octanol–water partition coefficient (Wildman–Crippen LogP) is 7.06. The standard InChI is InChI=1S/C27H23F3N2OS/c1-33-20-6-2-5-17(15-20)21-7-3-10-25-26(21)32(19-13-11-18(28)12-14-19)27(31-25)34-16-22-23(29)8-4-9-24(22)30/h2,4-6,8-9,11-15,21H,3,7,10,16H2,1H3. The number of hydrogen-bond acceptors (Lipinski definition) is 3. The summed E-state index contributed by atoms with van der Waals surface area (Å²) in [4.78, 5) is 4.90. The van der Waals surface area contributed by atoms with E-state index >= 15 is 0 Å². The van der Waals surface area contributed by atoms with Crippen LogP contribution in [0.3, 0.4) is 0 Å². The zero-order chi connectivity index (χ0) is 23.7. The van der Waals surface area contributed by atoms with Crippen molar-refractivity contribution < 1.29 is 17.9 Å². The van der Waals surface area contributed by atoms with Crippen LogP contribution in [-0.2, 0) is 12.2 Å². The molecule has 0 fully saturated rings. The molecule has 0 amide bonds. The second kappa shape index (κ2) is 9.58. The normalized spacial score (nSPS) is 15.2. The molecule has 5 rings (SSSR count). The van der Waals surface area contributed by atoms with Gasteiger partial charge in [-0.1, -0.05) is 30.0 Å². The summed E-state index contributed by atoms with van der Waals surface area (Å²) in [5.74, 6) is -0.542. The third kappa shape index (κ3) is 4.32. The molecule has 0 bridgehead atoms. The third-order valence-electron chi connectivity index (χ3n) is 6.18. The van der Waals surface area contributed by atoms with Gasteiger partial charge >= 0.3 is 0 Å². The first-order valence-electron chi connectivity index (χ1n) is 11.1. The van der Waals surface area contributed by atoms with E-state index in [2.05, 4.69) is 6.07 Å². The van der Waals surface area contributed by atoms with Crippen LogP contribution in [0.25, 0.3) is 5.69 Å². The summed E-state index contributed by atoms with van der Waals surface area (Å²) in [6.07, 6.45) is 2.71. The van der Waals surface area contributed by atoms with E-state index in [1.165, 1.54) is 42.1 Å². The Morgan fingerprint density at radius 2 is 1.74 bits per heavy atom. The zero-order valence-electron chi connectivity index (χ0n) is 18.6. The van der Waals surface area contributed by atoms with Gasteiger partial charge in [0, 0.05) is 22.9 Å². The molecule has 3 aromatic carbocycles. The minimum absolute atomic E-state index is 0.0171. The number of nitrogens with zero attached hydrogens (tertiary/aromatic N) is 2. The van der Waals surface area contributed by atoms with Gasteiger partial charge in [-0.15, -0.1) is 0 Å². The van der Waals surface area contributed by atoms with E-state index in [0.29, 0.717) is 5.16 Å². The molecule has 0 saturated carbocycles. The molecule has 0 N–H and O–H groups in total. The van der Waals surface area contributed by atoms with Crippen LogP contribution in [0.15, 0.2) is 71.9 Å². The predicted molar refractivity (Wildman–Crippen MR) is 127 cm³/mol. The largest absolute Gasteiger partial charge is 0.497 e. The first kappa shape index (κ1) is 22.6. The molecule has 1 heterocycles. The van der Waals surface area contributed by atoms with Crippen LogP contribution in [-0.4, -0.2) is 16.7 Å². The van der Waals surface area contributed by atoms with Crippen molar-refractivity contribution in [3.05, 3.63) is 107 Å². The average Bonchev–Trinajstić information content (AvgIpc) is 3.23. The molecule has 1 aliphatic carbocycles. The minimum Gasteiger partial charge on any atom is -0.497 e. The van der Waals surface area contributed by atoms with Crippen molar-refractivity contribution in [1.29, 1.82) is 0 Å². The Labute approximate surface area is 200 Å². The molecule has 0 spiro atoms. The van der Waals surface area contributed by atoms with E-state index in [1.807, 2.05) is 22.8 Å². The molecule has 1 aromatic heterocycles. The molecule has 7 heteroatoms. The van der Waals surface area contributed by atoms with E-state index in [9.17, 15) is 13.2 Å². The van der Waals surface area contributed by atoms with Crippen LogP contribution in [0.1, 0.15) is 41.3 Å². The maximum atomic E-state index is 14.3. The van der Waals surface area contributed by atoms with E-state index in [0.717, 1.165) is 47.7 Å². The molecule has 0 saturated heterocycles. The molecule has 1 unspecified atom stereocenters. The van der Waals surface area contributed by atoms with Crippen molar-refractivity contribution in [3.63, 3.8) is 0 Å². The Balaban J connectivity index is 1.61. The van der Waals surface area contributed by atoms with Gasteiger partial charge in [0.1, 0.15) is 23.2 Å². The lowest BCUT2D eigenvalue weighted by Crippen LogP contribution is -2.15. The Morgan fingerprint density at radius 1 is 1.00 bits per heavy atom. The number of hydrogen-bond donors (Lipinski definition) is 0. The Kier molecular flexibility index (Phi) is 6.37. The molecule has 1 atom stereocenters.